The third-order valence-electron chi connectivity index (χ3n) is 5.94. The van der Waals surface area contributed by atoms with E-state index >= 15 is 0 Å². The van der Waals surface area contributed by atoms with Gasteiger partial charge in [-0.15, -0.1) is 0 Å². The van der Waals surface area contributed by atoms with Crippen LogP contribution in [0.4, 0.5) is 34.5 Å². The molecule has 2 fully saturated rings. The van der Waals surface area contributed by atoms with Crippen molar-refractivity contribution in [3.05, 3.63) is 72.4 Å². The van der Waals surface area contributed by atoms with Crippen LogP contribution in [-0.2, 0) is 9.53 Å². The number of rotatable bonds is 8. The Morgan fingerprint density at radius 2 is 1.81 bits per heavy atom. The number of carbonyl (C=O) groups excluding carboxylic acids is 1. The third-order valence-corrected chi connectivity index (χ3v) is 5.94. The molecular weight excluding hydrogens is 454 g/mol. The largest absolute Gasteiger partial charge is 0.378 e. The van der Waals surface area contributed by atoms with E-state index in [-0.39, 0.29) is 5.57 Å². The number of hydrogen-bond donors (Lipinski definition) is 3. The predicted molar refractivity (Wildman–Crippen MR) is 140 cm³/mol. The Morgan fingerprint density at radius 3 is 2.56 bits per heavy atom. The van der Waals surface area contributed by atoms with Gasteiger partial charge in [-0.3, -0.25) is 4.79 Å². The number of nitriles is 1. The minimum Gasteiger partial charge on any atom is -0.378 e. The van der Waals surface area contributed by atoms with Crippen LogP contribution in [0.3, 0.4) is 0 Å². The van der Waals surface area contributed by atoms with E-state index in [4.69, 9.17) is 4.74 Å². The Balaban J connectivity index is 1.21. The maximum Gasteiger partial charge on any atom is 0.265 e. The number of benzene rings is 2. The van der Waals surface area contributed by atoms with Gasteiger partial charge in [0, 0.05) is 42.0 Å². The summed E-state index contributed by atoms with van der Waals surface area (Å²) in [4.78, 5) is 23.6. The lowest BCUT2D eigenvalue weighted by Crippen LogP contribution is -2.36. The average molecular weight is 482 g/mol. The molecule has 1 aliphatic heterocycles. The van der Waals surface area contributed by atoms with Crippen molar-refractivity contribution < 1.29 is 9.53 Å². The molecule has 0 radical (unpaired) electrons. The summed E-state index contributed by atoms with van der Waals surface area (Å²) in [5.74, 6) is 1.02. The van der Waals surface area contributed by atoms with Crippen molar-refractivity contribution in [3.63, 3.8) is 0 Å². The zero-order chi connectivity index (χ0) is 24.7. The first-order chi connectivity index (χ1) is 17.7. The van der Waals surface area contributed by atoms with Crippen molar-refractivity contribution in [1.82, 2.24) is 9.97 Å². The lowest BCUT2D eigenvalue weighted by Gasteiger charge is -2.28. The van der Waals surface area contributed by atoms with Gasteiger partial charge in [-0.1, -0.05) is 12.1 Å². The number of aromatic nitrogens is 2. The van der Waals surface area contributed by atoms with E-state index in [1.54, 1.807) is 30.5 Å². The van der Waals surface area contributed by atoms with Crippen LogP contribution < -0.4 is 20.9 Å². The van der Waals surface area contributed by atoms with Gasteiger partial charge < -0.3 is 25.6 Å². The molecule has 1 saturated heterocycles. The molecule has 2 aromatic carbocycles. The molecule has 36 heavy (non-hydrogen) atoms. The number of hydrogen-bond acceptors (Lipinski definition) is 8. The van der Waals surface area contributed by atoms with Gasteiger partial charge in [-0.05, 0) is 67.3 Å². The highest BCUT2D eigenvalue weighted by molar-refractivity contribution is 6.06. The van der Waals surface area contributed by atoms with Crippen molar-refractivity contribution in [2.75, 3.05) is 47.2 Å². The predicted octanol–water partition coefficient (Wildman–Crippen LogP) is 4.60. The molecule has 0 atom stereocenters. The van der Waals surface area contributed by atoms with E-state index in [9.17, 15) is 10.1 Å². The van der Waals surface area contributed by atoms with E-state index in [1.807, 2.05) is 30.3 Å². The van der Waals surface area contributed by atoms with Crippen molar-refractivity contribution in [2.45, 2.75) is 12.8 Å². The number of nitrogens with zero attached hydrogens (tertiary/aromatic N) is 4. The minimum atomic E-state index is -0.394. The summed E-state index contributed by atoms with van der Waals surface area (Å²) in [5.41, 5.74) is 3.55. The SMILES string of the molecule is N#C/C(=C\C1CC1)C(=O)Nc1cccc(Nc2ccnc(Nc3ccc(N4CCOCC4)cc3)n2)c1. The molecule has 3 N–H and O–H groups in total. The normalized spacial score (nSPS) is 15.6. The van der Waals surface area contributed by atoms with Crippen molar-refractivity contribution in [1.29, 1.82) is 5.26 Å². The van der Waals surface area contributed by atoms with E-state index in [2.05, 4.69) is 43.0 Å². The molecule has 9 heteroatoms. The second kappa shape index (κ2) is 10.9. The molecule has 0 spiro atoms. The average Bonchev–Trinajstić information content (AvgIpc) is 3.73. The van der Waals surface area contributed by atoms with Crippen LogP contribution in [-0.4, -0.2) is 42.2 Å². The number of carbonyl (C=O) groups is 1. The van der Waals surface area contributed by atoms with Crippen molar-refractivity contribution in [2.24, 2.45) is 5.92 Å². The van der Waals surface area contributed by atoms with Gasteiger partial charge >= 0.3 is 0 Å². The molecular formula is C27H27N7O2. The minimum absolute atomic E-state index is 0.153. The Kier molecular flexibility index (Phi) is 7.05. The molecule has 1 aromatic heterocycles. The standard InChI is InChI=1S/C27H27N7O2/c28-18-20(16-19-4-5-19)26(35)31-23-3-1-2-22(17-23)30-25-10-11-29-27(33-25)32-21-6-8-24(9-7-21)34-12-14-36-15-13-34/h1-3,6-11,16-17,19H,4-5,12-15H2,(H,31,35)(H2,29,30,32,33)/b20-16+. The lowest BCUT2D eigenvalue weighted by molar-refractivity contribution is -0.112. The molecule has 1 saturated carbocycles. The van der Waals surface area contributed by atoms with E-state index in [0.717, 1.165) is 56.2 Å². The molecule has 1 amide bonds. The van der Waals surface area contributed by atoms with Gasteiger partial charge in [0.2, 0.25) is 5.95 Å². The third kappa shape index (κ3) is 6.17. The zero-order valence-electron chi connectivity index (χ0n) is 19.8. The molecule has 2 heterocycles. The second-order valence-electron chi connectivity index (χ2n) is 8.73. The summed E-state index contributed by atoms with van der Waals surface area (Å²) >= 11 is 0. The fourth-order valence-corrected chi connectivity index (χ4v) is 3.88. The number of amides is 1. The summed E-state index contributed by atoms with van der Waals surface area (Å²) in [7, 11) is 0. The van der Waals surface area contributed by atoms with Gasteiger partial charge in [0.25, 0.3) is 5.91 Å². The fourth-order valence-electron chi connectivity index (χ4n) is 3.88. The highest BCUT2D eigenvalue weighted by Gasteiger charge is 2.21. The first kappa shape index (κ1) is 23.3. The summed E-state index contributed by atoms with van der Waals surface area (Å²) in [6.45, 7) is 3.29. The molecule has 3 aromatic rings. The maximum absolute atomic E-state index is 12.4. The number of anilines is 6. The molecule has 5 rings (SSSR count). The van der Waals surface area contributed by atoms with Crippen LogP contribution in [0.5, 0.6) is 0 Å². The van der Waals surface area contributed by atoms with E-state index in [0.29, 0.717) is 23.4 Å². The van der Waals surface area contributed by atoms with Gasteiger partial charge in [-0.2, -0.15) is 10.2 Å². The van der Waals surface area contributed by atoms with E-state index < -0.39 is 5.91 Å². The summed E-state index contributed by atoms with van der Waals surface area (Å²) in [5, 5.41) is 18.6. The maximum atomic E-state index is 12.4. The molecule has 0 unspecified atom stereocenters. The van der Waals surface area contributed by atoms with E-state index in [1.165, 1.54) is 0 Å². The van der Waals surface area contributed by atoms with Gasteiger partial charge in [0.05, 0.1) is 13.2 Å². The van der Waals surface area contributed by atoms with Crippen LogP contribution in [0, 0.1) is 17.2 Å². The van der Waals surface area contributed by atoms with Crippen LogP contribution >= 0.6 is 0 Å². The highest BCUT2D eigenvalue weighted by Crippen LogP contribution is 2.31. The van der Waals surface area contributed by atoms with Gasteiger partial charge in [0.15, 0.2) is 0 Å². The first-order valence-electron chi connectivity index (χ1n) is 12.0. The van der Waals surface area contributed by atoms with Crippen molar-refractivity contribution in [3.8, 4) is 6.07 Å². The first-order valence-corrected chi connectivity index (χ1v) is 12.0. The zero-order valence-corrected chi connectivity index (χ0v) is 19.8. The van der Waals surface area contributed by atoms with Crippen LogP contribution in [0.25, 0.3) is 0 Å². The number of allylic oxidation sites excluding steroid dienone is 1. The summed E-state index contributed by atoms with van der Waals surface area (Å²) in [6, 6.07) is 19.2. The van der Waals surface area contributed by atoms with Crippen molar-refractivity contribution >= 4 is 40.4 Å². The fraction of sp³-hybridized carbons (Fsp3) is 0.259. The monoisotopic (exact) mass is 481 g/mol. The lowest BCUT2D eigenvalue weighted by atomic mass is 10.2. The molecule has 9 nitrogen and oxygen atoms in total. The van der Waals surface area contributed by atoms with Gasteiger partial charge in [-0.25, -0.2) is 4.98 Å². The molecule has 182 valence electrons. The molecule has 1 aliphatic carbocycles. The Bertz CT molecular complexity index is 1290. The smallest absolute Gasteiger partial charge is 0.265 e. The highest BCUT2D eigenvalue weighted by atomic mass is 16.5. The number of ether oxygens (including phenoxy) is 1. The van der Waals surface area contributed by atoms with Crippen LogP contribution in [0.15, 0.2) is 72.4 Å². The van der Waals surface area contributed by atoms with Gasteiger partial charge in [0.1, 0.15) is 17.5 Å². The quantitative estimate of drug-likeness (QED) is 0.316. The summed E-state index contributed by atoms with van der Waals surface area (Å²) < 4.78 is 5.42. The second-order valence-corrected chi connectivity index (χ2v) is 8.73. The molecule has 0 bridgehead atoms. The van der Waals surface area contributed by atoms with Crippen LogP contribution in [0.1, 0.15) is 12.8 Å². The Hall–Kier alpha value is -4.42. The number of nitrogens with one attached hydrogen (secondary N) is 3. The topological polar surface area (TPSA) is 115 Å². The Labute approximate surface area is 209 Å². The Morgan fingerprint density at radius 1 is 1.03 bits per heavy atom. The number of morpholine rings is 1. The molecule has 2 aliphatic rings. The summed E-state index contributed by atoms with van der Waals surface area (Å²) in [6.07, 6.45) is 5.50. The van der Waals surface area contributed by atoms with Crippen LogP contribution in [0.2, 0.25) is 0 Å².